The average Bonchev–Trinajstić information content (AvgIpc) is 2.66. The standard InChI is InChI=1S/C17H24O2/c1-13-6-8-15(9-7-13)17(4)11-5-10-16(17,3)12-19-14(2)18/h6-9H,5,10-12H2,1-4H3/t16-,17+/m1/s1. The van der Waals surface area contributed by atoms with Crippen LogP contribution in [0, 0.1) is 12.3 Å². The smallest absolute Gasteiger partial charge is 0.302 e. The summed E-state index contributed by atoms with van der Waals surface area (Å²) in [4.78, 5) is 11.1. The van der Waals surface area contributed by atoms with Crippen LogP contribution < -0.4 is 0 Å². The summed E-state index contributed by atoms with van der Waals surface area (Å²) in [6, 6.07) is 8.80. The van der Waals surface area contributed by atoms with Gasteiger partial charge in [0.05, 0.1) is 6.61 Å². The second-order valence-electron chi connectivity index (χ2n) is 6.39. The van der Waals surface area contributed by atoms with Crippen molar-refractivity contribution >= 4 is 5.97 Å². The molecule has 0 aliphatic heterocycles. The molecule has 2 rings (SSSR count). The zero-order valence-corrected chi connectivity index (χ0v) is 12.5. The van der Waals surface area contributed by atoms with Crippen molar-refractivity contribution in [3.63, 3.8) is 0 Å². The third kappa shape index (κ3) is 2.54. The van der Waals surface area contributed by atoms with Gasteiger partial charge in [0, 0.05) is 17.8 Å². The SMILES string of the molecule is CC(=O)OC[C@@]1(C)CCC[C@@]1(C)c1ccc(C)cc1. The molecule has 1 aromatic carbocycles. The summed E-state index contributed by atoms with van der Waals surface area (Å²) in [5, 5.41) is 0. The van der Waals surface area contributed by atoms with Crippen LogP contribution in [0.1, 0.15) is 51.2 Å². The molecular weight excluding hydrogens is 236 g/mol. The fourth-order valence-corrected chi connectivity index (χ4v) is 3.32. The van der Waals surface area contributed by atoms with Crippen molar-refractivity contribution < 1.29 is 9.53 Å². The molecular formula is C17H24O2. The van der Waals surface area contributed by atoms with E-state index in [-0.39, 0.29) is 16.8 Å². The van der Waals surface area contributed by atoms with Gasteiger partial charge in [0.2, 0.25) is 0 Å². The summed E-state index contributed by atoms with van der Waals surface area (Å²) in [5.74, 6) is -0.181. The van der Waals surface area contributed by atoms with Crippen molar-refractivity contribution in [1.29, 1.82) is 0 Å². The number of hydrogen-bond acceptors (Lipinski definition) is 2. The highest BCUT2D eigenvalue weighted by Crippen LogP contribution is 2.54. The zero-order valence-electron chi connectivity index (χ0n) is 12.5. The maximum Gasteiger partial charge on any atom is 0.302 e. The van der Waals surface area contributed by atoms with Crippen LogP contribution in [-0.4, -0.2) is 12.6 Å². The lowest BCUT2D eigenvalue weighted by atomic mass is 9.64. The van der Waals surface area contributed by atoms with Crippen molar-refractivity contribution in [1.82, 2.24) is 0 Å². The second-order valence-corrected chi connectivity index (χ2v) is 6.39. The highest BCUT2D eigenvalue weighted by atomic mass is 16.5. The molecule has 19 heavy (non-hydrogen) atoms. The van der Waals surface area contributed by atoms with Crippen molar-refractivity contribution in [2.24, 2.45) is 5.41 Å². The lowest BCUT2D eigenvalue weighted by Gasteiger charge is -2.41. The predicted molar refractivity (Wildman–Crippen MR) is 77.1 cm³/mol. The molecule has 1 aromatic rings. The van der Waals surface area contributed by atoms with Crippen LogP contribution in [0.5, 0.6) is 0 Å². The Labute approximate surface area is 116 Å². The molecule has 2 heteroatoms. The Bertz CT molecular complexity index is 463. The monoisotopic (exact) mass is 260 g/mol. The van der Waals surface area contributed by atoms with Crippen molar-refractivity contribution in [3.8, 4) is 0 Å². The van der Waals surface area contributed by atoms with Gasteiger partial charge in [-0.1, -0.05) is 50.1 Å². The van der Waals surface area contributed by atoms with Gasteiger partial charge in [-0.25, -0.2) is 0 Å². The van der Waals surface area contributed by atoms with Crippen molar-refractivity contribution in [2.75, 3.05) is 6.61 Å². The number of esters is 1. The fraction of sp³-hybridized carbons (Fsp3) is 0.588. The first kappa shape index (κ1) is 14.1. The van der Waals surface area contributed by atoms with Gasteiger partial charge in [0.1, 0.15) is 0 Å². The predicted octanol–water partition coefficient (Wildman–Crippen LogP) is 4.01. The summed E-state index contributed by atoms with van der Waals surface area (Å²) in [6.45, 7) is 8.68. The Kier molecular flexibility index (Phi) is 3.71. The number of carbonyl (C=O) groups excluding carboxylic acids is 1. The summed E-state index contributed by atoms with van der Waals surface area (Å²) < 4.78 is 5.33. The van der Waals surface area contributed by atoms with Gasteiger partial charge in [-0.2, -0.15) is 0 Å². The van der Waals surface area contributed by atoms with Crippen molar-refractivity contribution in [2.45, 2.75) is 52.4 Å². The summed E-state index contributed by atoms with van der Waals surface area (Å²) in [5.41, 5.74) is 2.78. The molecule has 0 unspecified atom stereocenters. The van der Waals surface area contributed by atoms with Gasteiger partial charge in [0.15, 0.2) is 0 Å². The summed E-state index contributed by atoms with van der Waals surface area (Å²) >= 11 is 0. The van der Waals surface area contributed by atoms with Crippen molar-refractivity contribution in [3.05, 3.63) is 35.4 Å². The van der Waals surface area contributed by atoms with Crippen LogP contribution in [0.25, 0.3) is 0 Å². The minimum absolute atomic E-state index is 0.0356. The molecule has 1 saturated carbocycles. The van der Waals surface area contributed by atoms with Crippen LogP contribution in [-0.2, 0) is 14.9 Å². The van der Waals surface area contributed by atoms with E-state index in [4.69, 9.17) is 4.74 Å². The Balaban J connectivity index is 2.29. The van der Waals surface area contributed by atoms with Crippen LogP contribution in [0.3, 0.4) is 0 Å². The lowest BCUT2D eigenvalue weighted by Crippen LogP contribution is -2.40. The molecule has 0 N–H and O–H groups in total. The molecule has 1 fully saturated rings. The Morgan fingerprint density at radius 2 is 1.84 bits per heavy atom. The van der Waals surface area contributed by atoms with Gasteiger partial charge in [0.25, 0.3) is 0 Å². The average molecular weight is 260 g/mol. The van der Waals surface area contributed by atoms with Gasteiger partial charge in [-0.3, -0.25) is 4.79 Å². The first-order chi connectivity index (χ1) is 8.87. The summed E-state index contributed by atoms with van der Waals surface area (Å²) in [7, 11) is 0. The lowest BCUT2D eigenvalue weighted by molar-refractivity contribution is -0.145. The highest BCUT2D eigenvalue weighted by molar-refractivity contribution is 5.66. The molecule has 0 heterocycles. The van der Waals surface area contributed by atoms with Gasteiger partial charge < -0.3 is 4.74 Å². The van der Waals surface area contributed by atoms with Crippen LogP contribution in [0.2, 0.25) is 0 Å². The molecule has 0 saturated heterocycles. The van der Waals surface area contributed by atoms with Crippen LogP contribution >= 0.6 is 0 Å². The van der Waals surface area contributed by atoms with E-state index in [1.54, 1.807) is 0 Å². The van der Waals surface area contributed by atoms with E-state index >= 15 is 0 Å². The fourth-order valence-electron chi connectivity index (χ4n) is 3.32. The maximum absolute atomic E-state index is 11.1. The number of aryl methyl sites for hydroxylation is 1. The third-order valence-electron chi connectivity index (χ3n) is 5.02. The second kappa shape index (κ2) is 4.99. The Morgan fingerprint density at radius 3 is 2.42 bits per heavy atom. The topological polar surface area (TPSA) is 26.3 Å². The third-order valence-corrected chi connectivity index (χ3v) is 5.02. The minimum atomic E-state index is -0.181. The normalized spacial score (nSPS) is 30.3. The van der Waals surface area contributed by atoms with E-state index in [9.17, 15) is 4.79 Å². The van der Waals surface area contributed by atoms with Gasteiger partial charge in [-0.15, -0.1) is 0 Å². The Hall–Kier alpha value is -1.31. The van der Waals surface area contributed by atoms with Gasteiger partial charge in [-0.05, 0) is 25.3 Å². The maximum atomic E-state index is 11.1. The number of ether oxygens (including phenoxy) is 1. The molecule has 0 bridgehead atoms. The summed E-state index contributed by atoms with van der Waals surface area (Å²) in [6.07, 6.45) is 3.47. The molecule has 1 aliphatic rings. The molecule has 0 spiro atoms. The Morgan fingerprint density at radius 1 is 1.21 bits per heavy atom. The van der Waals surface area contributed by atoms with E-state index in [0.717, 1.165) is 12.8 Å². The number of rotatable bonds is 3. The number of benzene rings is 1. The van der Waals surface area contributed by atoms with E-state index < -0.39 is 0 Å². The molecule has 0 aromatic heterocycles. The van der Waals surface area contributed by atoms with Crippen LogP contribution in [0.15, 0.2) is 24.3 Å². The van der Waals surface area contributed by atoms with E-state index in [1.165, 1.54) is 24.5 Å². The molecule has 1 aliphatic carbocycles. The zero-order chi connectivity index (χ0) is 14.1. The molecule has 2 atom stereocenters. The molecule has 2 nitrogen and oxygen atoms in total. The largest absolute Gasteiger partial charge is 0.465 e. The van der Waals surface area contributed by atoms with E-state index in [1.807, 2.05) is 0 Å². The van der Waals surface area contributed by atoms with E-state index in [0.29, 0.717) is 6.61 Å². The van der Waals surface area contributed by atoms with Gasteiger partial charge >= 0.3 is 5.97 Å². The highest BCUT2D eigenvalue weighted by Gasteiger charge is 2.50. The number of hydrogen-bond donors (Lipinski definition) is 0. The van der Waals surface area contributed by atoms with Crippen LogP contribution in [0.4, 0.5) is 0 Å². The first-order valence-corrected chi connectivity index (χ1v) is 7.08. The molecule has 104 valence electrons. The minimum Gasteiger partial charge on any atom is -0.465 e. The molecule has 0 amide bonds. The molecule has 0 radical (unpaired) electrons. The van der Waals surface area contributed by atoms with E-state index in [2.05, 4.69) is 45.0 Å². The quantitative estimate of drug-likeness (QED) is 0.768. The number of carbonyl (C=O) groups is 1. The first-order valence-electron chi connectivity index (χ1n) is 7.08.